The number of carbonyl (C=O) groups is 1. The van der Waals surface area contributed by atoms with Gasteiger partial charge in [-0.2, -0.15) is 0 Å². The van der Waals surface area contributed by atoms with E-state index in [1.165, 1.54) is 7.11 Å². The molecule has 0 amide bonds. The van der Waals surface area contributed by atoms with Gasteiger partial charge in [0.05, 0.1) is 25.3 Å². The zero-order valence-electron chi connectivity index (χ0n) is 16.4. The van der Waals surface area contributed by atoms with Gasteiger partial charge in [0.1, 0.15) is 11.8 Å². The second-order valence-corrected chi connectivity index (χ2v) is 8.18. The molecule has 4 rings (SSSR count). The summed E-state index contributed by atoms with van der Waals surface area (Å²) in [6.45, 7) is 0.425. The van der Waals surface area contributed by atoms with Crippen molar-refractivity contribution in [2.45, 2.75) is 28.5 Å². The maximum atomic E-state index is 11.7. The highest BCUT2D eigenvalue weighted by Crippen LogP contribution is 2.41. The molecule has 3 aromatic rings. The molecule has 6 nitrogen and oxygen atoms in total. The van der Waals surface area contributed by atoms with Crippen molar-refractivity contribution in [1.29, 1.82) is 0 Å². The molecule has 2 atom stereocenters. The van der Waals surface area contributed by atoms with E-state index in [9.17, 15) is 4.79 Å². The first-order valence-electron chi connectivity index (χ1n) is 9.53. The predicted octanol–water partition coefficient (Wildman–Crippen LogP) is 4.36. The number of furan rings is 1. The van der Waals surface area contributed by atoms with Crippen LogP contribution in [0.15, 0.2) is 81.3 Å². The Morgan fingerprint density at radius 1 is 1.20 bits per heavy atom. The number of rotatable bonds is 7. The van der Waals surface area contributed by atoms with Gasteiger partial charge in [-0.1, -0.05) is 36.0 Å². The van der Waals surface area contributed by atoms with Crippen LogP contribution in [0.25, 0.3) is 0 Å². The third-order valence-electron chi connectivity index (χ3n) is 4.84. The number of aromatic nitrogens is 1. The van der Waals surface area contributed by atoms with E-state index < -0.39 is 0 Å². The Hall–Kier alpha value is -2.84. The Morgan fingerprint density at radius 2 is 2.00 bits per heavy atom. The quantitative estimate of drug-likeness (QED) is 0.430. The molecule has 0 saturated carbocycles. The molecule has 1 saturated heterocycles. The molecule has 0 radical (unpaired) electrons. The van der Waals surface area contributed by atoms with Crippen molar-refractivity contribution in [3.8, 4) is 0 Å². The molecular weight excluding hydrogens is 418 g/mol. The van der Waals surface area contributed by atoms with Crippen LogP contribution in [0.2, 0.25) is 0 Å². The van der Waals surface area contributed by atoms with Gasteiger partial charge in [0.25, 0.3) is 0 Å². The van der Waals surface area contributed by atoms with Gasteiger partial charge >= 0.3 is 5.97 Å². The van der Waals surface area contributed by atoms with Crippen molar-refractivity contribution in [2.24, 2.45) is 0 Å². The predicted molar refractivity (Wildman–Crippen MR) is 118 cm³/mol. The van der Waals surface area contributed by atoms with E-state index in [4.69, 9.17) is 21.4 Å². The fourth-order valence-electron chi connectivity index (χ4n) is 3.42. The number of nitrogens with zero attached hydrogens (tertiary/aromatic N) is 2. The first kappa shape index (κ1) is 20.4. The average molecular weight is 440 g/mol. The smallest absolute Gasteiger partial charge is 0.307 e. The van der Waals surface area contributed by atoms with Gasteiger partial charge < -0.3 is 19.4 Å². The number of nitrogens with one attached hydrogen (secondary N) is 1. The van der Waals surface area contributed by atoms with E-state index in [1.807, 2.05) is 65.6 Å². The van der Waals surface area contributed by atoms with Gasteiger partial charge in [0.15, 0.2) is 10.2 Å². The molecular formula is C22H21N3O3S2. The number of methoxy groups -OCH3 is 1. The molecule has 0 spiro atoms. The lowest BCUT2D eigenvalue weighted by molar-refractivity contribution is -0.140. The zero-order valence-corrected chi connectivity index (χ0v) is 18.0. The third kappa shape index (κ3) is 4.49. The molecule has 1 N–H and O–H groups in total. The molecule has 2 aromatic heterocycles. The molecule has 154 valence electrons. The highest BCUT2D eigenvalue weighted by molar-refractivity contribution is 7.99. The van der Waals surface area contributed by atoms with Crippen molar-refractivity contribution in [3.05, 3.63) is 78.3 Å². The lowest BCUT2D eigenvalue weighted by atomic mass is 10.0. The van der Waals surface area contributed by atoms with Crippen LogP contribution in [0.1, 0.15) is 30.0 Å². The minimum absolute atomic E-state index is 0.183. The van der Waals surface area contributed by atoms with Crippen LogP contribution in [0.4, 0.5) is 0 Å². The van der Waals surface area contributed by atoms with Crippen LogP contribution in [-0.4, -0.2) is 34.6 Å². The fourth-order valence-corrected chi connectivity index (χ4v) is 4.55. The van der Waals surface area contributed by atoms with Gasteiger partial charge in [-0.15, -0.1) is 0 Å². The average Bonchev–Trinajstić information content (AvgIpc) is 3.37. The molecule has 1 aromatic carbocycles. The van der Waals surface area contributed by atoms with Crippen LogP contribution in [-0.2, 0) is 9.53 Å². The number of pyridine rings is 1. The van der Waals surface area contributed by atoms with E-state index in [1.54, 1.807) is 18.0 Å². The lowest BCUT2D eigenvalue weighted by Gasteiger charge is -2.25. The second kappa shape index (κ2) is 9.32. The maximum absolute atomic E-state index is 11.7. The zero-order chi connectivity index (χ0) is 20.9. The monoisotopic (exact) mass is 439 g/mol. The van der Waals surface area contributed by atoms with Crippen molar-refractivity contribution >= 4 is 35.1 Å². The van der Waals surface area contributed by atoms with Gasteiger partial charge in [0, 0.05) is 17.6 Å². The summed E-state index contributed by atoms with van der Waals surface area (Å²) >= 11 is 7.14. The van der Waals surface area contributed by atoms with Gasteiger partial charge in [-0.05, 0) is 48.6 Å². The molecule has 0 unspecified atom stereocenters. The number of esters is 1. The summed E-state index contributed by atoms with van der Waals surface area (Å²) in [5.41, 5.74) is 0.860. The molecule has 8 heteroatoms. The Balaban J connectivity index is 1.62. The number of benzene rings is 1. The molecule has 1 aliphatic heterocycles. The summed E-state index contributed by atoms with van der Waals surface area (Å²) in [5.74, 6) is 0.485. The molecule has 3 heterocycles. The number of hydrogen-bond donors (Lipinski definition) is 1. The third-order valence-corrected chi connectivity index (χ3v) is 6.12. The SMILES string of the molecule is COC(=O)CCN1C(=S)N[C@H](c2ccccn2)[C@@H]1c1ccc(Sc2ccccc2)o1. The summed E-state index contributed by atoms with van der Waals surface area (Å²) in [6, 6.07) is 19.4. The summed E-state index contributed by atoms with van der Waals surface area (Å²) in [4.78, 5) is 19.3. The first-order valence-corrected chi connectivity index (χ1v) is 10.8. The van der Waals surface area contributed by atoms with E-state index in [2.05, 4.69) is 10.3 Å². The second-order valence-electron chi connectivity index (χ2n) is 6.72. The number of hydrogen-bond acceptors (Lipinski definition) is 6. The number of thiocarbonyl (C=S) groups is 1. The minimum atomic E-state index is -0.280. The van der Waals surface area contributed by atoms with Crippen molar-refractivity contribution in [1.82, 2.24) is 15.2 Å². The van der Waals surface area contributed by atoms with E-state index in [0.29, 0.717) is 11.7 Å². The van der Waals surface area contributed by atoms with Crippen LogP contribution in [0, 0.1) is 0 Å². The molecule has 0 aliphatic carbocycles. The Bertz CT molecular complexity index is 1010. The number of ether oxygens (including phenoxy) is 1. The topological polar surface area (TPSA) is 67.6 Å². The highest BCUT2D eigenvalue weighted by atomic mass is 32.2. The van der Waals surface area contributed by atoms with Crippen LogP contribution < -0.4 is 5.32 Å². The summed E-state index contributed by atoms with van der Waals surface area (Å²) in [5, 5.41) is 4.70. The van der Waals surface area contributed by atoms with E-state index in [-0.39, 0.29) is 24.5 Å². The maximum Gasteiger partial charge on any atom is 0.307 e. The Morgan fingerprint density at radius 3 is 2.73 bits per heavy atom. The summed E-state index contributed by atoms with van der Waals surface area (Å²) < 4.78 is 11.0. The molecule has 30 heavy (non-hydrogen) atoms. The first-order chi connectivity index (χ1) is 14.7. The standard InChI is InChI=1S/C22H21N3O3S2/c1-27-18(26)12-14-25-21(20(24-22(25)29)16-9-5-6-13-23-16)17-10-11-19(28-17)30-15-7-3-2-4-8-15/h2-11,13,20-21H,12,14H2,1H3,(H,24,29)/t20-,21+/m1/s1. The highest BCUT2D eigenvalue weighted by Gasteiger charge is 2.41. The van der Waals surface area contributed by atoms with Gasteiger partial charge in [0.2, 0.25) is 0 Å². The summed E-state index contributed by atoms with van der Waals surface area (Å²) in [6.07, 6.45) is 1.99. The minimum Gasteiger partial charge on any atom is -0.469 e. The largest absolute Gasteiger partial charge is 0.469 e. The van der Waals surface area contributed by atoms with E-state index >= 15 is 0 Å². The lowest BCUT2D eigenvalue weighted by Crippen LogP contribution is -2.31. The molecule has 1 aliphatic rings. The Labute approximate surface area is 184 Å². The molecule has 1 fully saturated rings. The summed E-state index contributed by atoms with van der Waals surface area (Å²) in [7, 11) is 1.39. The van der Waals surface area contributed by atoms with Crippen LogP contribution in [0.5, 0.6) is 0 Å². The van der Waals surface area contributed by atoms with Gasteiger partial charge in [-0.3, -0.25) is 9.78 Å². The fraction of sp³-hybridized carbons (Fsp3) is 0.227. The van der Waals surface area contributed by atoms with Crippen LogP contribution in [0.3, 0.4) is 0 Å². The van der Waals surface area contributed by atoms with E-state index in [0.717, 1.165) is 21.4 Å². The normalized spacial score (nSPS) is 18.3. The van der Waals surface area contributed by atoms with Crippen molar-refractivity contribution in [2.75, 3.05) is 13.7 Å². The van der Waals surface area contributed by atoms with Crippen molar-refractivity contribution < 1.29 is 13.9 Å². The molecule has 0 bridgehead atoms. The Kier molecular flexibility index (Phi) is 6.35. The number of carbonyl (C=O) groups excluding carboxylic acids is 1. The van der Waals surface area contributed by atoms with Gasteiger partial charge in [-0.25, -0.2) is 0 Å². The van der Waals surface area contributed by atoms with Crippen LogP contribution >= 0.6 is 24.0 Å². The van der Waals surface area contributed by atoms with Crippen molar-refractivity contribution in [3.63, 3.8) is 0 Å².